The average molecular weight is 332 g/mol. The lowest BCUT2D eigenvalue weighted by atomic mass is 9.75. The minimum absolute atomic E-state index is 0.329. The molecule has 1 aromatic rings. The van der Waals surface area contributed by atoms with Crippen molar-refractivity contribution in [1.29, 1.82) is 0 Å². The van der Waals surface area contributed by atoms with Crippen molar-refractivity contribution < 1.29 is 4.74 Å². The van der Waals surface area contributed by atoms with Gasteiger partial charge in [0.25, 0.3) is 0 Å². The summed E-state index contributed by atoms with van der Waals surface area (Å²) in [5.41, 5.74) is 0.329. The maximum Gasteiger partial charge on any atom is 0.227 e. The van der Waals surface area contributed by atoms with Gasteiger partial charge in [0.2, 0.25) is 5.95 Å². The molecule has 0 N–H and O–H groups in total. The Morgan fingerprint density at radius 1 is 1.12 bits per heavy atom. The summed E-state index contributed by atoms with van der Waals surface area (Å²) in [6.07, 6.45) is 7.78. The van der Waals surface area contributed by atoms with E-state index in [1.54, 1.807) is 0 Å². The zero-order chi connectivity index (χ0) is 16.7. The summed E-state index contributed by atoms with van der Waals surface area (Å²) in [4.78, 5) is 2.47. The van der Waals surface area contributed by atoms with Crippen LogP contribution in [-0.2, 0) is 11.3 Å². The lowest BCUT2D eigenvalue weighted by Gasteiger charge is -2.43. The van der Waals surface area contributed by atoms with Gasteiger partial charge < -0.3 is 9.64 Å². The average Bonchev–Trinajstić information content (AvgIpc) is 3.32. The molecule has 0 aromatic carbocycles. The molecule has 3 fully saturated rings. The SMILES string of the molecule is C[C@H]1CCN(c2nnc(C3CC3)n2C[C@@H]2CCCCO2)CC1(C)C. The van der Waals surface area contributed by atoms with Crippen LogP contribution in [0.5, 0.6) is 0 Å². The zero-order valence-electron chi connectivity index (χ0n) is 15.5. The predicted molar refractivity (Wildman–Crippen MR) is 95.4 cm³/mol. The Morgan fingerprint density at radius 2 is 1.96 bits per heavy atom. The third kappa shape index (κ3) is 3.19. The van der Waals surface area contributed by atoms with E-state index in [1.165, 1.54) is 44.3 Å². The van der Waals surface area contributed by atoms with Crippen molar-refractivity contribution in [3.63, 3.8) is 0 Å². The normalized spacial score (nSPS) is 30.5. The van der Waals surface area contributed by atoms with E-state index in [4.69, 9.17) is 4.74 Å². The molecule has 0 spiro atoms. The number of rotatable bonds is 4. The summed E-state index contributed by atoms with van der Waals surface area (Å²) in [5, 5.41) is 9.24. The predicted octanol–water partition coefficient (Wildman–Crippen LogP) is 3.60. The smallest absolute Gasteiger partial charge is 0.227 e. The molecule has 5 heteroatoms. The number of hydrogen-bond donors (Lipinski definition) is 0. The van der Waals surface area contributed by atoms with Crippen LogP contribution in [0.2, 0.25) is 0 Å². The molecule has 5 nitrogen and oxygen atoms in total. The number of piperidine rings is 1. The zero-order valence-corrected chi connectivity index (χ0v) is 15.5. The van der Waals surface area contributed by atoms with Gasteiger partial charge in [0.05, 0.1) is 12.6 Å². The third-order valence-corrected chi connectivity index (χ3v) is 6.41. The van der Waals surface area contributed by atoms with E-state index in [9.17, 15) is 0 Å². The van der Waals surface area contributed by atoms with Crippen LogP contribution < -0.4 is 4.90 Å². The third-order valence-electron chi connectivity index (χ3n) is 6.41. The highest BCUT2D eigenvalue weighted by Crippen LogP contribution is 2.41. The van der Waals surface area contributed by atoms with Gasteiger partial charge in [0.1, 0.15) is 5.82 Å². The van der Waals surface area contributed by atoms with Crippen molar-refractivity contribution in [2.45, 2.75) is 77.9 Å². The van der Waals surface area contributed by atoms with E-state index < -0.39 is 0 Å². The summed E-state index contributed by atoms with van der Waals surface area (Å²) in [7, 11) is 0. The molecular formula is C19H32N4O. The van der Waals surface area contributed by atoms with Crippen molar-refractivity contribution in [2.75, 3.05) is 24.6 Å². The Labute approximate surface area is 145 Å². The summed E-state index contributed by atoms with van der Waals surface area (Å²) >= 11 is 0. The van der Waals surface area contributed by atoms with E-state index in [0.29, 0.717) is 17.4 Å². The second-order valence-corrected chi connectivity index (χ2v) is 8.83. The Kier molecular flexibility index (Phi) is 4.31. The summed E-state index contributed by atoms with van der Waals surface area (Å²) in [6.45, 7) is 11.2. The van der Waals surface area contributed by atoms with E-state index in [-0.39, 0.29) is 0 Å². The van der Waals surface area contributed by atoms with Crippen LogP contribution in [0.4, 0.5) is 5.95 Å². The highest BCUT2D eigenvalue weighted by Gasteiger charge is 2.37. The molecule has 4 rings (SSSR count). The fraction of sp³-hybridized carbons (Fsp3) is 0.895. The van der Waals surface area contributed by atoms with Crippen molar-refractivity contribution >= 4 is 5.95 Å². The number of nitrogens with zero attached hydrogens (tertiary/aromatic N) is 4. The Morgan fingerprint density at radius 3 is 2.62 bits per heavy atom. The fourth-order valence-corrected chi connectivity index (χ4v) is 4.15. The maximum atomic E-state index is 6.01. The van der Waals surface area contributed by atoms with Crippen molar-refractivity contribution in [1.82, 2.24) is 14.8 Å². The van der Waals surface area contributed by atoms with Crippen LogP contribution in [-0.4, -0.2) is 40.6 Å². The number of hydrogen-bond acceptors (Lipinski definition) is 4. The van der Waals surface area contributed by atoms with Gasteiger partial charge in [-0.05, 0) is 49.9 Å². The lowest BCUT2D eigenvalue weighted by molar-refractivity contribution is 0.00561. The molecule has 3 heterocycles. The van der Waals surface area contributed by atoms with Crippen molar-refractivity contribution in [2.24, 2.45) is 11.3 Å². The first kappa shape index (κ1) is 16.4. The highest BCUT2D eigenvalue weighted by molar-refractivity contribution is 5.34. The minimum Gasteiger partial charge on any atom is -0.376 e. The first-order valence-electron chi connectivity index (χ1n) is 9.84. The second-order valence-electron chi connectivity index (χ2n) is 8.83. The van der Waals surface area contributed by atoms with Crippen LogP contribution in [0.15, 0.2) is 0 Å². The van der Waals surface area contributed by atoms with E-state index in [2.05, 4.69) is 40.4 Å². The molecular weight excluding hydrogens is 300 g/mol. The van der Waals surface area contributed by atoms with Gasteiger partial charge in [-0.3, -0.25) is 4.57 Å². The van der Waals surface area contributed by atoms with Gasteiger partial charge in [-0.2, -0.15) is 0 Å². The second kappa shape index (κ2) is 6.32. The summed E-state index contributed by atoms with van der Waals surface area (Å²) in [5.74, 6) is 3.68. The molecule has 0 unspecified atom stereocenters. The minimum atomic E-state index is 0.329. The van der Waals surface area contributed by atoms with Gasteiger partial charge in [-0.15, -0.1) is 10.2 Å². The quantitative estimate of drug-likeness (QED) is 0.845. The number of ether oxygens (including phenoxy) is 1. The fourth-order valence-electron chi connectivity index (χ4n) is 4.15. The molecule has 2 saturated heterocycles. The molecule has 2 atom stereocenters. The molecule has 3 aliphatic rings. The van der Waals surface area contributed by atoms with Gasteiger partial charge in [0, 0.05) is 25.6 Å². The van der Waals surface area contributed by atoms with Crippen LogP contribution in [0, 0.1) is 11.3 Å². The van der Waals surface area contributed by atoms with Crippen LogP contribution in [0.25, 0.3) is 0 Å². The largest absolute Gasteiger partial charge is 0.376 e. The van der Waals surface area contributed by atoms with Crippen molar-refractivity contribution in [3.8, 4) is 0 Å². The molecule has 0 bridgehead atoms. The van der Waals surface area contributed by atoms with Gasteiger partial charge >= 0.3 is 0 Å². The Hall–Kier alpha value is -1.10. The molecule has 1 aromatic heterocycles. The number of aromatic nitrogens is 3. The van der Waals surface area contributed by atoms with Crippen molar-refractivity contribution in [3.05, 3.63) is 5.82 Å². The topological polar surface area (TPSA) is 43.2 Å². The highest BCUT2D eigenvalue weighted by atomic mass is 16.5. The standard InChI is InChI=1S/C19H32N4O/c1-14-9-10-22(13-19(14,2)3)18-21-20-17(15-7-8-15)23(18)12-16-6-4-5-11-24-16/h14-16H,4-13H2,1-3H3/t14-,16-/m0/s1. The summed E-state index contributed by atoms with van der Waals surface area (Å²) < 4.78 is 8.41. The first-order chi connectivity index (χ1) is 11.5. The Bertz CT molecular complexity index is 572. The van der Waals surface area contributed by atoms with E-state index in [1.807, 2.05) is 0 Å². The molecule has 134 valence electrons. The molecule has 0 radical (unpaired) electrons. The summed E-state index contributed by atoms with van der Waals surface area (Å²) in [6, 6.07) is 0. The van der Waals surface area contributed by atoms with Gasteiger partial charge in [-0.1, -0.05) is 20.8 Å². The van der Waals surface area contributed by atoms with E-state index in [0.717, 1.165) is 38.1 Å². The molecule has 2 aliphatic heterocycles. The van der Waals surface area contributed by atoms with Gasteiger partial charge in [0.15, 0.2) is 0 Å². The lowest BCUT2D eigenvalue weighted by Crippen LogP contribution is -2.46. The van der Waals surface area contributed by atoms with Crippen LogP contribution in [0.3, 0.4) is 0 Å². The van der Waals surface area contributed by atoms with Crippen LogP contribution >= 0.6 is 0 Å². The van der Waals surface area contributed by atoms with E-state index >= 15 is 0 Å². The first-order valence-corrected chi connectivity index (χ1v) is 9.84. The van der Waals surface area contributed by atoms with Crippen LogP contribution in [0.1, 0.15) is 71.0 Å². The molecule has 24 heavy (non-hydrogen) atoms. The Balaban J connectivity index is 1.58. The molecule has 1 saturated carbocycles. The number of anilines is 1. The monoisotopic (exact) mass is 332 g/mol. The maximum absolute atomic E-state index is 6.01. The van der Waals surface area contributed by atoms with Gasteiger partial charge in [-0.25, -0.2) is 0 Å². The molecule has 0 amide bonds. The molecule has 1 aliphatic carbocycles.